The van der Waals surface area contributed by atoms with E-state index in [2.05, 4.69) is 40.1 Å². The number of hydrogen-bond donors (Lipinski definition) is 0. The molecule has 1 aliphatic heterocycles. The highest BCUT2D eigenvalue weighted by Gasteiger charge is 2.36. The summed E-state index contributed by atoms with van der Waals surface area (Å²) >= 11 is 6.15. The number of rotatable bonds is 9. The van der Waals surface area contributed by atoms with Crippen LogP contribution in [0.4, 0.5) is 5.69 Å². The van der Waals surface area contributed by atoms with Crippen molar-refractivity contribution < 1.29 is 9.53 Å². The topological polar surface area (TPSA) is 32.8 Å². The van der Waals surface area contributed by atoms with Gasteiger partial charge in [-0.2, -0.15) is 0 Å². The zero-order chi connectivity index (χ0) is 24.7. The van der Waals surface area contributed by atoms with Gasteiger partial charge in [-0.3, -0.25) is 9.69 Å². The van der Waals surface area contributed by atoms with Gasteiger partial charge in [0.25, 0.3) is 0 Å². The first-order valence-corrected chi connectivity index (χ1v) is 12.9. The molecule has 0 radical (unpaired) electrons. The molecule has 1 fully saturated rings. The molecule has 0 N–H and O–H groups in total. The van der Waals surface area contributed by atoms with Gasteiger partial charge in [-0.25, -0.2) is 0 Å². The fourth-order valence-corrected chi connectivity index (χ4v) is 5.07. The highest BCUT2D eigenvalue weighted by Crippen LogP contribution is 2.31. The van der Waals surface area contributed by atoms with Gasteiger partial charge in [0, 0.05) is 36.9 Å². The number of hydrogen-bond acceptors (Lipinski definition) is 4. The Morgan fingerprint density at radius 2 is 1.63 bits per heavy atom. The Morgan fingerprint density at radius 1 is 0.914 bits per heavy atom. The summed E-state index contributed by atoms with van der Waals surface area (Å²) in [4.78, 5) is 17.8. The van der Waals surface area contributed by atoms with Crippen LogP contribution >= 0.6 is 11.6 Å². The van der Waals surface area contributed by atoms with Crippen molar-refractivity contribution in [3.8, 4) is 11.1 Å². The lowest BCUT2D eigenvalue weighted by atomic mass is 9.78. The van der Waals surface area contributed by atoms with Crippen LogP contribution in [0.15, 0.2) is 78.9 Å². The van der Waals surface area contributed by atoms with Gasteiger partial charge in [0.2, 0.25) is 0 Å². The van der Waals surface area contributed by atoms with Gasteiger partial charge in [-0.15, -0.1) is 0 Å². The van der Waals surface area contributed by atoms with E-state index in [-0.39, 0.29) is 5.97 Å². The van der Waals surface area contributed by atoms with E-state index in [0.29, 0.717) is 6.61 Å². The number of piperazine rings is 1. The number of carbonyl (C=O) groups is 1. The molecule has 0 bridgehead atoms. The number of benzene rings is 3. The lowest BCUT2D eigenvalue weighted by Gasteiger charge is -2.37. The quantitative estimate of drug-likeness (QED) is 0.323. The van der Waals surface area contributed by atoms with Crippen molar-refractivity contribution in [3.63, 3.8) is 0 Å². The fraction of sp³-hybridized carbons (Fsp3) is 0.367. The number of ether oxygens (including phenoxy) is 1. The van der Waals surface area contributed by atoms with E-state index in [9.17, 15) is 4.79 Å². The van der Waals surface area contributed by atoms with Crippen molar-refractivity contribution >= 4 is 23.3 Å². The Bertz CT molecular complexity index is 1090. The van der Waals surface area contributed by atoms with Crippen molar-refractivity contribution in [2.45, 2.75) is 32.1 Å². The van der Waals surface area contributed by atoms with Crippen molar-refractivity contribution in [1.29, 1.82) is 0 Å². The van der Waals surface area contributed by atoms with E-state index in [1.54, 1.807) is 0 Å². The van der Waals surface area contributed by atoms with E-state index in [1.807, 2.05) is 62.4 Å². The molecule has 1 atom stereocenters. The van der Waals surface area contributed by atoms with Crippen LogP contribution in [0.1, 0.15) is 32.3 Å². The van der Waals surface area contributed by atoms with Crippen LogP contribution in [0.25, 0.3) is 11.1 Å². The molecule has 4 rings (SSSR count). The minimum absolute atomic E-state index is 0.128. The van der Waals surface area contributed by atoms with E-state index < -0.39 is 5.41 Å². The summed E-state index contributed by atoms with van der Waals surface area (Å²) in [5, 5.41) is 0.758. The first kappa shape index (κ1) is 25.3. The highest BCUT2D eigenvalue weighted by molar-refractivity contribution is 6.30. The molecular formula is C30H35ClN2O2. The SMILES string of the molecule is CCOC(=O)C(C)(CCCN1CCN(c2ccc(-c3cccc(Cl)c3)cc2)CC1)c1ccccc1. The monoisotopic (exact) mass is 490 g/mol. The van der Waals surface area contributed by atoms with Crippen LogP contribution in [0.3, 0.4) is 0 Å². The first-order chi connectivity index (χ1) is 17.0. The fourth-order valence-electron chi connectivity index (χ4n) is 4.88. The largest absolute Gasteiger partial charge is 0.465 e. The molecule has 3 aromatic rings. The van der Waals surface area contributed by atoms with E-state index in [1.165, 1.54) is 11.3 Å². The number of halogens is 1. The van der Waals surface area contributed by atoms with Gasteiger partial charge >= 0.3 is 5.97 Å². The average molecular weight is 491 g/mol. The zero-order valence-corrected chi connectivity index (χ0v) is 21.5. The molecule has 0 amide bonds. The predicted molar refractivity (Wildman–Crippen MR) is 145 cm³/mol. The van der Waals surface area contributed by atoms with E-state index in [0.717, 1.165) is 61.7 Å². The molecule has 1 saturated heterocycles. The predicted octanol–water partition coefficient (Wildman–Crippen LogP) is 6.43. The normalized spacial score (nSPS) is 16.0. The van der Waals surface area contributed by atoms with Crippen LogP contribution in [0.2, 0.25) is 5.02 Å². The van der Waals surface area contributed by atoms with E-state index >= 15 is 0 Å². The van der Waals surface area contributed by atoms with Crippen LogP contribution in [-0.2, 0) is 14.9 Å². The van der Waals surface area contributed by atoms with Crippen LogP contribution in [-0.4, -0.2) is 50.2 Å². The molecule has 0 aliphatic carbocycles. The van der Waals surface area contributed by atoms with Gasteiger partial charge in [0.15, 0.2) is 0 Å². The molecule has 5 heteroatoms. The van der Waals surface area contributed by atoms with Crippen molar-refractivity contribution in [2.24, 2.45) is 0 Å². The van der Waals surface area contributed by atoms with Gasteiger partial charge in [-0.1, -0.05) is 66.2 Å². The molecule has 0 spiro atoms. The molecule has 184 valence electrons. The van der Waals surface area contributed by atoms with E-state index in [4.69, 9.17) is 16.3 Å². The number of anilines is 1. The minimum atomic E-state index is -0.607. The maximum atomic E-state index is 12.8. The van der Waals surface area contributed by atoms with Gasteiger partial charge in [-0.05, 0) is 74.2 Å². The summed E-state index contributed by atoms with van der Waals surface area (Å²) in [6.07, 6.45) is 1.74. The average Bonchev–Trinajstić information content (AvgIpc) is 2.90. The standard InChI is InChI=1S/C30H35ClN2O2/c1-3-35-29(34)30(2,26-10-5-4-6-11-26)17-8-18-32-19-21-33(22-20-32)28-15-13-24(14-16-28)25-9-7-12-27(31)23-25/h4-7,9-16,23H,3,8,17-22H2,1-2H3. The molecule has 1 aliphatic rings. The summed E-state index contributed by atoms with van der Waals surface area (Å²) < 4.78 is 5.44. The second kappa shape index (κ2) is 11.7. The van der Waals surface area contributed by atoms with Crippen LogP contribution < -0.4 is 4.90 Å². The van der Waals surface area contributed by atoms with Gasteiger partial charge < -0.3 is 9.64 Å². The lowest BCUT2D eigenvalue weighted by Crippen LogP contribution is -2.47. The molecule has 35 heavy (non-hydrogen) atoms. The Labute approximate surface area is 214 Å². The summed E-state index contributed by atoms with van der Waals surface area (Å²) in [5.41, 5.74) is 4.00. The highest BCUT2D eigenvalue weighted by atomic mass is 35.5. The third-order valence-electron chi connectivity index (χ3n) is 7.05. The van der Waals surface area contributed by atoms with Crippen LogP contribution in [0, 0.1) is 0 Å². The lowest BCUT2D eigenvalue weighted by molar-refractivity contribution is -0.149. The Morgan fingerprint density at radius 3 is 2.29 bits per heavy atom. The second-order valence-electron chi connectivity index (χ2n) is 9.41. The molecule has 0 aromatic heterocycles. The Hall–Kier alpha value is -2.82. The van der Waals surface area contributed by atoms with Crippen molar-refractivity contribution in [2.75, 3.05) is 44.2 Å². The third-order valence-corrected chi connectivity index (χ3v) is 7.29. The number of nitrogens with zero attached hydrogens (tertiary/aromatic N) is 2. The summed E-state index contributed by atoms with van der Waals surface area (Å²) in [5.74, 6) is -0.128. The Balaban J connectivity index is 1.29. The van der Waals surface area contributed by atoms with Gasteiger partial charge in [0.1, 0.15) is 0 Å². The summed E-state index contributed by atoms with van der Waals surface area (Å²) in [6, 6.07) is 26.8. The minimum Gasteiger partial charge on any atom is -0.465 e. The van der Waals surface area contributed by atoms with Crippen molar-refractivity contribution in [1.82, 2.24) is 4.90 Å². The first-order valence-electron chi connectivity index (χ1n) is 12.6. The summed E-state index contributed by atoms with van der Waals surface area (Å²) in [6.45, 7) is 9.34. The third kappa shape index (κ3) is 6.25. The van der Waals surface area contributed by atoms with Crippen molar-refractivity contribution in [3.05, 3.63) is 89.4 Å². The number of esters is 1. The number of carbonyl (C=O) groups excluding carboxylic acids is 1. The summed E-state index contributed by atoms with van der Waals surface area (Å²) in [7, 11) is 0. The van der Waals surface area contributed by atoms with Gasteiger partial charge in [0.05, 0.1) is 12.0 Å². The molecule has 4 nitrogen and oxygen atoms in total. The Kier molecular flexibility index (Phi) is 8.48. The van der Waals surface area contributed by atoms with Crippen LogP contribution in [0.5, 0.6) is 0 Å². The molecule has 3 aromatic carbocycles. The molecule has 1 unspecified atom stereocenters. The smallest absolute Gasteiger partial charge is 0.316 e. The maximum absolute atomic E-state index is 12.8. The molecule has 1 heterocycles. The maximum Gasteiger partial charge on any atom is 0.316 e. The zero-order valence-electron chi connectivity index (χ0n) is 20.8. The molecule has 0 saturated carbocycles. The molecular weight excluding hydrogens is 456 g/mol. The second-order valence-corrected chi connectivity index (χ2v) is 9.84.